The Balaban J connectivity index is 1.52. The van der Waals surface area contributed by atoms with E-state index in [1.807, 2.05) is 54.3 Å². The number of amides is 1. The fourth-order valence-electron chi connectivity index (χ4n) is 4.81. The van der Waals surface area contributed by atoms with Gasteiger partial charge in [-0.15, -0.1) is 0 Å². The number of anilines is 1. The number of benzene rings is 2. The number of hydrogen-bond donors (Lipinski definition) is 0. The average Bonchev–Trinajstić information content (AvgIpc) is 3.41. The maximum Gasteiger partial charge on any atom is 0.254 e. The van der Waals surface area contributed by atoms with E-state index in [4.69, 9.17) is 19.2 Å². The molecule has 0 saturated carbocycles. The second-order valence-electron chi connectivity index (χ2n) is 9.32. The van der Waals surface area contributed by atoms with Crippen molar-refractivity contribution in [1.82, 2.24) is 9.88 Å². The normalized spacial score (nSPS) is 18.1. The van der Waals surface area contributed by atoms with E-state index in [0.717, 1.165) is 66.1 Å². The molecule has 1 amide bonds. The van der Waals surface area contributed by atoms with Gasteiger partial charge >= 0.3 is 0 Å². The summed E-state index contributed by atoms with van der Waals surface area (Å²) in [5.74, 6) is 1.70. The second kappa shape index (κ2) is 10.6. The van der Waals surface area contributed by atoms with Crippen LogP contribution in [0, 0.1) is 6.92 Å². The van der Waals surface area contributed by atoms with Crippen LogP contribution < -0.4 is 9.64 Å². The van der Waals surface area contributed by atoms with Crippen LogP contribution in [-0.2, 0) is 16.0 Å². The predicted molar refractivity (Wildman–Crippen MR) is 136 cm³/mol. The Kier molecular flexibility index (Phi) is 7.16. The highest BCUT2D eigenvalue weighted by atomic mass is 16.5. The minimum atomic E-state index is 0.0169. The third-order valence-electron chi connectivity index (χ3n) is 6.79. The van der Waals surface area contributed by atoms with E-state index in [1.54, 1.807) is 7.11 Å². The van der Waals surface area contributed by atoms with E-state index in [2.05, 4.69) is 11.0 Å². The average molecular weight is 476 g/mol. The quantitative estimate of drug-likeness (QED) is 0.510. The number of pyridine rings is 1. The van der Waals surface area contributed by atoms with Gasteiger partial charge in [0.1, 0.15) is 11.6 Å². The Labute approximate surface area is 206 Å². The number of carbonyl (C=O) groups excluding carboxylic acids is 1. The molecule has 35 heavy (non-hydrogen) atoms. The molecule has 2 saturated heterocycles. The first-order valence-corrected chi connectivity index (χ1v) is 12.4. The molecular formula is C28H33N3O4. The van der Waals surface area contributed by atoms with Crippen LogP contribution in [0.3, 0.4) is 0 Å². The SMILES string of the molecule is COc1ccc2cc(CN(C[C@@H]3CCCO3)C(=O)c3ccc(C)cc3)c(N3CCOCC3)nc2c1. The highest BCUT2D eigenvalue weighted by molar-refractivity contribution is 5.94. The molecule has 0 N–H and O–H groups in total. The Morgan fingerprint density at radius 2 is 1.91 bits per heavy atom. The summed E-state index contributed by atoms with van der Waals surface area (Å²) in [6, 6.07) is 15.9. The van der Waals surface area contributed by atoms with Crippen molar-refractivity contribution >= 4 is 22.6 Å². The van der Waals surface area contributed by atoms with E-state index in [0.29, 0.717) is 31.9 Å². The maximum absolute atomic E-state index is 13.7. The van der Waals surface area contributed by atoms with Crippen molar-refractivity contribution < 1.29 is 19.0 Å². The second-order valence-corrected chi connectivity index (χ2v) is 9.32. The number of nitrogens with zero attached hydrogens (tertiary/aromatic N) is 3. The lowest BCUT2D eigenvalue weighted by Crippen LogP contribution is -2.40. The molecule has 0 radical (unpaired) electrons. The van der Waals surface area contributed by atoms with E-state index in [9.17, 15) is 4.79 Å². The maximum atomic E-state index is 13.7. The molecule has 2 aliphatic heterocycles. The summed E-state index contributed by atoms with van der Waals surface area (Å²) < 4.78 is 16.9. The van der Waals surface area contributed by atoms with E-state index in [1.165, 1.54) is 0 Å². The van der Waals surface area contributed by atoms with Crippen LogP contribution in [0.2, 0.25) is 0 Å². The number of methoxy groups -OCH3 is 1. The molecule has 0 aliphatic carbocycles. The summed E-state index contributed by atoms with van der Waals surface area (Å²) >= 11 is 0. The molecule has 1 aromatic heterocycles. The molecule has 5 rings (SSSR count). The number of fused-ring (bicyclic) bond motifs is 1. The van der Waals surface area contributed by atoms with Crippen LogP contribution in [-0.4, -0.2) is 68.5 Å². The van der Waals surface area contributed by atoms with Gasteiger partial charge in [0.2, 0.25) is 0 Å². The molecule has 0 spiro atoms. The highest BCUT2D eigenvalue weighted by Crippen LogP contribution is 2.29. The van der Waals surface area contributed by atoms with Crippen LogP contribution >= 0.6 is 0 Å². The van der Waals surface area contributed by atoms with Crippen molar-refractivity contribution in [1.29, 1.82) is 0 Å². The topological polar surface area (TPSA) is 64.1 Å². The van der Waals surface area contributed by atoms with Crippen LogP contribution in [0.15, 0.2) is 48.5 Å². The van der Waals surface area contributed by atoms with Crippen molar-refractivity contribution in [3.8, 4) is 5.75 Å². The summed E-state index contributed by atoms with van der Waals surface area (Å²) in [4.78, 5) is 22.9. The van der Waals surface area contributed by atoms with Crippen LogP contribution in [0.4, 0.5) is 5.82 Å². The van der Waals surface area contributed by atoms with Gasteiger partial charge in [0.25, 0.3) is 5.91 Å². The third-order valence-corrected chi connectivity index (χ3v) is 6.79. The van der Waals surface area contributed by atoms with Crippen molar-refractivity contribution in [3.05, 3.63) is 65.2 Å². The van der Waals surface area contributed by atoms with Gasteiger partial charge in [-0.1, -0.05) is 17.7 Å². The molecule has 0 bridgehead atoms. The zero-order valence-corrected chi connectivity index (χ0v) is 20.5. The monoisotopic (exact) mass is 475 g/mol. The first kappa shape index (κ1) is 23.6. The van der Waals surface area contributed by atoms with Gasteiger partial charge in [-0.3, -0.25) is 4.79 Å². The minimum Gasteiger partial charge on any atom is -0.497 e. The van der Waals surface area contributed by atoms with Gasteiger partial charge in [-0.05, 0) is 50.1 Å². The predicted octanol–water partition coefficient (Wildman–Crippen LogP) is 4.21. The molecular weight excluding hydrogens is 442 g/mol. The lowest BCUT2D eigenvalue weighted by Gasteiger charge is -2.32. The van der Waals surface area contributed by atoms with E-state index in [-0.39, 0.29) is 12.0 Å². The van der Waals surface area contributed by atoms with E-state index >= 15 is 0 Å². The lowest BCUT2D eigenvalue weighted by molar-refractivity contribution is 0.0507. The highest BCUT2D eigenvalue weighted by Gasteiger charge is 2.26. The molecule has 2 fully saturated rings. The first-order chi connectivity index (χ1) is 17.1. The van der Waals surface area contributed by atoms with Crippen molar-refractivity contribution in [3.63, 3.8) is 0 Å². The zero-order valence-electron chi connectivity index (χ0n) is 20.5. The summed E-state index contributed by atoms with van der Waals surface area (Å²) in [5, 5.41) is 1.03. The Morgan fingerprint density at radius 1 is 1.11 bits per heavy atom. The number of aromatic nitrogens is 1. The number of morpholine rings is 1. The largest absolute Gasteiger partial charge is 0.497 e. The fraction of sp³-hybridized carbons (Fsp3) is 0.429. The molecule has 3 heterocycles. The van der Waals surface area contributed by atoms with Gasteiger partial charge in [-0.2, -0.15) is 0 Å². The Morgan fingerprint density at radius 3 is 2.63 bits per heavy atom. The van der Waals surface area contributed by atoms with Crippen LogP contribution in [0.5, 0.6) is 5.75 Å². The minimum absolute atomic E-state index is 0.0169. The number of hydrogen-bond acceptors (Lipinski definition) is 6. The Bertz CT molecular complexity index is 1170. The summed E-state index contributed by atoms with van der Waals surface area (Å²) in [7, 11) is 1.66. The third kappa shape index (κ3) is 5.41. The summed E-state index contributed by atoms with van der Waals surface area (Å²) in [6.45, 7) is 6.70. The standard InChI is InChI=1S/C28H33N3O4/c1-20-5-7-21(8-6-20)28(32)31(19-25-4-3-13-35-25)18-23-16-22-9-10-24(33-2)17-26(22)29-27(23)30-11-14-34-15-12-30/h5-10,16-17,25H,3-4,11-15,18-19H2,1-2H3/t25-/m0/s1. The van der Waals surface area contributed by atoms with Crippen molar-refractivity contribution in [2.24, 2.45) is 0 Å². The Hall–Kier alpha value is -3.16. The van der Waals surface area contributed by atoms with Gasteiger partial charge in [-0.25, -0.2) is 4.98 Å². The number of ether oxygens (including phenoxy) is 3. The summed E-state index contributed by atoms with van der Waals surface area (Å²) in [6.07, 6.45) is 2.08. The van der Waals surface area contributed by atoms with Crippen molar-refractivity contribution in [2.75, 3.05) is 51.5 Å². The number of carbonyl (C=O) groups is 1. The molecule has 3 aromatic rings. The van der Waals surface area contributed by atoms with Gasteiger partial charge < -0.3 is 24.0 Å². The van der Waals surface area contributed by atoms with Crippen LogP contribution in [0.25, 0.3) is 10.9 Å². The molecule has 7 heteroatoms. The number of aryl methyl sites for hydroxylation is 1. The molecule has 184 valence electrons. The smallest absolute Gasteiger partial charge is 0.254 e. The van der Waals surface area contributed by atoms with Crippen molar-refractivity contribution in [2.45, 2.75) is 32.4 Å². The van der Waals surface area contributed by atoms with Gasteiger partial charge in [0.15, 0.2) is 0 Å². The van der Waals surface area contributed by atoms with Gasteiger partial charge in [0.05, 0.1) is 31.9 Å². The molecule has 0 unspecified atom stereocenters. The molecule has 2 aromatic carbocycles. The van der Waals surface area contributed by atoms with Crippen LogP contribution in [0.1, 0.15) is 34.3 Å². The zero-order chi connectivity index (χ0) is 24.2. The fourth-order valence-corrected chi connectivity index (χ4v) is 4.81. The lowest BCUT2D eigenvalue weighted by atomic mass is 10.1. The molecule has 1 atom stereocenters. The van der Waals surface area contributed by atoms with Gasteiger partial charge in [0, 0.05) is 55.4 Å². The number of rotatable bonds is 7. The molecule has 7 nitrogen and oxygen atoms in total. The summed E-state index contributed by atoms with van der Waals surface area (Å²) in [5.41, 5.74) is 3.74. The first-order valence-electron chi connectivity index (χ1n) is 12.4. The molecule has 2 aliphatic rings. The van der Waals surface area contributed by atoms with E-state index < -0.39 is 0 Å².